The van der Waals surface area contributed by atoms with Gasteiger partial charge in [0, 0.05) is 38.8 Å². The van der Waals surface area contributed by atoms with Crippen LogP contribution < -0.4 is 0 Å². The first-order chi connectivity index (χ1) is 11.3. The molecule has 2 fully saturated rings. The minimum absolute atomic E-state index is 0.0201. The van der Waals surface area contributed by atoms with Gasteiger partial charge in [-0.3, -0.25) is 4.79 Å². The fourth-order valence-corrected chi connectivity index (χ4v) is 4.15. The molecular formula is C17H22F3N3O. The normalized spacial score (nSPS) is 26.8. The molecule has 3 aliphatic rings. The van der Waals surface area contributed by atoms with E-state index in [-0.39, 0.29) is 31.8 Å². The van der Waals surface area contributed by atoms with E-state index in [0.29, 0.717) is 32.1 Å². The molecule has 132 valence electrons. The maximum atomic E-state index is 13.3. The van der Waals surface area contributed by atoms with E-state index in [1.54, 1.807) is 4.90 Å². The summed E-state index contributed by atoms with van der Waals surface area (Å²) in [7, 11) is 0. The van der Waals surface area contributed by atoms with Crippen molar-refractivity contribution in [1.82, 2.24) is 4.90 Å². The van der Waals surface area contributed by atoms with Gasteiger partial charge in [-0.15, -0.1) is 12.3 Å². The Bertz CT molecular complexity index is 569. The molecule has 1 saturated heterocycles. The summed E-state index contributed by atoms with van der Waals surface area (Å²) >= 11 is 0. The first-order valence-electron chi connectivity index (χ1n) is 8.52. The molecular weight excluding hydrogens is 319 g/mol. The van der Waals surface area contributed by atoms with Gasteiger partial charge in [-0.25, -0.2) is 0 Å². The molecule has 1 saturated carbocycles. The number of alkyl halides is 3. The molecule has 0 aromatic heterocycles. The molecule has 1 amide bonds. The van der Waals surface area contributed by atoms with Gasteiger partial charge in [0.05, 0.1) is 5.92 Å². The number of likely N-dealkylation sites (tertiary alicyclic amines) is 1. The maximum absolute atomic E-state index is 13.3. The van der Waals surface area contributed by atoms with Crippen LogP contribution in [0.25, 0.3) is 0 Å². The van der Waals surface area contributed by atoms with E-state index in [0.717, 1.165) is 6.42 Å². The van der Waals surface area contributed by atoms with Gasteiger partial charge in [0.25, 0.3) is 0 Å². The summed E-state index contributed by atoms with van der Waals surface area (Å²) in [4.78, 5) is 14.1. The van der Waals surface area contributed by atoms with Crippen molar-refractivity contribution in [3.63, 3.8) is 0 Å². The van der Waals surface area contributed by atoms with Gasteiger partial charge in [-0.2, -0.15) is 23.4 Å². The van der Waals surface area contributed by atoms with E-state index in [2.05, 4.69) is 16.1 Å². The van der Waals surface area contributed by atoms with Gasteiger partial charge in [-0.1, -0.05) is 6.42 Å². The number of hydrogen-bond donors (Lipinski definition) is 0. The molecule has 4 nitrogen and oxygen atoms in total. The third-order valence-electron chi connectivity index (χ3n) is 5.82. The maximum Gasteiger partial charge on any atom is 0.392 e. The summed E-state index contributed by atoms with van der Waals surface area (Å²) in [6.07, 6.45) is 5.01. The van der Waals surface area contributed by atoms with Crippen LogP contribution >= 0.6 is 0 Å². The molecule has 1 atom stereocenters. The molecule has 1 unspecified atom stereocenters. The van der Waals surface area contributed by atoms with Crippen LogP contribution in [0.3, 0.4) is 0 Å². The topological polar surface area (TPSA) is 45.0 Å². The Balaban J connectivity index is 1.55. The highest BCUT2D eigenvalue weighted by molar-refractivity contribution is 5.76. The fraction of sp³-hybridized carbons (Fsp3) is 0.824. The van der Waals surface area contributed by atoms with Crippen molar-refractivity contribution in [1.29, 1.82) is 0 Å². The summed E-state index contributed by atoms with van der Waals surface area (Å²) in [5.74, 6) is 1.19. The van der Waals surface area contributed by atoms with Gasteiger partial charge < -0.3 is 4.90 Å². The van der Waals surface area contributed by atoms with Gasteiger partial charge >= 0.3 is 6.18 Å². The average molecular weight is 341 g/mol. The van der Waals surface area contributed by atoms with Crippen molar-refractivity contribution in [3.8, 4) is 12.3 Å². The van der Waals surface area contributed by atoms with Crippen molar-refractivity contribution in [2.45, 2.75) is 63.2 Å². The number of hydrogen-bond acceptors (Lipinski definition) is 3. The van der Waals surface area contributed by atoms with Crippen LogP contribution in [0.1, 0.15) is 51.4 Å². The number of nitrogens with zero attached hydrogens (tertiary/aromatic N) is 3. The molecule has 3 rings (SSSR count). The molecule has 1 aliphatic carbocycles. The SMILES string of the molecule is C#CCCC1(CCC(=O)N2CCC(C(F)(F)F)C3(CCC3)C2)N=N1. The van der Waals surface area contributed by atoms with Crippen molar-refractivity contribution in [2.24, 2.45) is 21.6 Å². The van der Waals surface area contributed by atoms with Gasteiger partial charge in [0.15, 0.2) is 5.66 Å². The van der Waals surface area contributed by atoms with Crippen LogP contribution in [-0.2, 0) is 4.79 Å². The van der Waals surface area contributed by atoms with E-state index in [1.807, 2.05) is 0 Å². The van der Waals surface area contributed by atoms with Crippen LogP contribution in [-0.4, -0.2) is 35.7 Å². The summed E-state index contributed by atoms with van der Waals surface area (Å²) in [6, 6.07) is 0. The molecule has 0 radical (unpaired) electrons. The second kappa shape index (κ2) is 6.05. The summed E-state index contributed by atoms with van der Waals surface area (Å²) in [5, 5.41) is 8.00. The number of halogens is 3. The Labute approximate surface area is 139 Å². The summed E-state index contributed by atoms with van der Waals surface area (Å²) in [5.41, 5.74) is -1.26. The second-order valence-corrected chi connectivity index (χ2v) is 7.30. The van der Waals surface area contributed by atoms with Crippen molar-refractivity contribution in [2.75, 3.05) is 13.1 Å². The molecule has 1 spiro atoms. The minimum atomic E-state index is -4.17. The van der Waals surface area contributed by atoms with Crippen LogP contribution in [0.4, 0.5) is 13.2 Å². The molecule has 0 N–H and O–H groups in total. The smallest absolute Gasteiger partial charge is 0.342 e. The quantitative estimate of drug-likeness (QED) is 0.699. The zero-order chi connectivity index (χ0) is 17.4. The lowest BCUT2D eigenvalue weighted by Gasteiger charge is -2.54. The van der Waals surface area contributed by atoms with E-state index >= 15 is 0 Å². The number of piperidine rings is 1. The Morgan fingerprint density at radius 3 is 2.50 bits per heavy atom. The molecule has 0 aromatic rings. The monoisotopic (exact) mass is 341 g/mol. The van der Waals surface area contributed by atoms with Crippen LogP contribution in [0, 0.1) is 23.7 Å². The highest BCUT2D eigenvalue weighted by Gasteiger charge is 2.58. The fourth-order valence-electron chi connectivity index (χ4n) is 4.15. The zero-order valence-corrected chi connectivity index (χ0v) is 13.6. The van der Waals surface area contributed by atoms with E-state index < -0.39 is 23.2 Å². The Hall–Kier alpha value is -1.58. The lowest BCUT2D eigenvalue weighted by Crippen LogP contribution is -2.57. The van der Waals surface area contributed by atoms with E-state index in [4.69, 9.17) is 6.42 Å². The highest BCUT2D eigenvalue weighted by atomic mass is 19.4. The van der Waals surface area contributed by atoms with E-state index in [1.165, 1.54) is 0 Å². The number of rotatable bonds is 5. The Kier molecular flexibility index (Phi) is 4.35. The van der Waals surface area contributed by atoms with E-state index in [9.17, 15) is 18.0 Å². The molecule has 2 heterocycles. The lowest BCUT2D eigenvalue weighted by molar-refractivity contribution is -0.237. The predicted octanol–water partition coefficient (Wildman–Crippen LogP) is 3.92. The number of amides is 1. The highest BCUT2D eigenvalue weighted by Crippen LogP contribution is 2.56. The largest absolute Gasteiger partial charge is 0.392 e. The Morgan fingerprint density at radius 1 is 1.29 bits per heavy atom. The summed E-state index contributed by atoms with van der Waals surface area (Å²) < 4.78 is 39.8. The van der Waals surface area contributed by atoms with Crippen LogP contribution in [0.15, 0.2) is 10.2 Å². The number of carbonyl (C=O) groups is 1. The molecule has 0 aromatic carbocycles. The second-order valence-electron chi connectivity index (χ2n) is 7.30. The zero-order valence-electron chi connectivity index (χ0n) is 13.6. The predicted molar refractivity (Wildman–Crippen MR) is 81.9 cm³/mol. The van der Waals surface area contributed by atoms with Gasteiger partial charge in [0.1, 0.15) is 0 Å². The Morgan fingerprint density at radius 2 is 2.00 bits per heavy atom. The number of terminal acetylenes is 1. The van der Waals surface area contributed by atoms with Gasteiger partial charge in [-0.05, 0) is 24.7 Å². The molecule has 2 aliphatic heterocycles. The third kappa shape index (κ3) is 3.28. The molecule has 24 heavy (non-hydrogen) atoms. The number of carbonyl (C=O) groups excluding carboxylic acids is 1. The van der Waals surface area contributed by atoms with Crippen molar-refractivity contribution in [3.05, 3.63) is 0 Å². The standard InChI is InChI=1S/C17H22F3N3O/c1-2-3-9-16(21-22-16)10-5-14(24)23-11-6-13(17(18,19)20)15(12-23)7-4-8-15/h1,13H,3-12H2. The first kappa shape index (κ1) is 17.2. The molecule has 0 bridgehead atoms. The first-order valence-corrected chi connectivity index (χ1v) is 8.52. The molecule has 7 heteroatoms. The minimum Gasteiger partial charge on any atom is -0.342 e. The van der Waals surface area contributed by atoms with Gasteiger partial charge in [0.2, 0.25) is 5.91 Å². The lowest BCUT2D eigenvalue weighted by atomic mass is 9.58. The summed E-state index contributed by atoms with van der Waals surface area (Å²) in [6.45, 7) is 0.429. The van der Waals surface area contributed by atoms with Crippen molar-refractivity contribution >= 4 is 5.91 Å². The average Bonchev–Trinajstić information content (AvgIpc) is 3.28. The van der Waals surface area contributed by atoms with Crippen molar-refractivity contribution < 1.29 is 18.0 Å². The third-order valence-corrected chi connectivity index (χ3v) is 5.82. The van der Waals surface area contributed by atoms with Crippen LogP contribution in [0.2, 0.25) is 0 Å². The van der Waals surface area contributed by atoms with Crippen LogP contribution in [0.5, 0.6) is 0 Å².